The third kappa shape index (κ3) is 5.19. The molecule has 2 rings (SSSR count). The first-order valence-corrected chi connectivity index (χ1v) is 8.99. The molecule has 0 radical (unpaired) electrons. The lowest BCUT2D eigenvalue weighted by atomic mass is 9.96. The molecule has 138 valence electrons. The molecule has 0 aliphatic carbocycles. The number of ether oxygens (including phenoxy) is 1. The normalized spacial score (nSPS) is 17.3. The number of carbonyl (C=O) groups is 1. The standard InChI is InChI=1S/C19H28ClN3O2/c1-13-12-15(20)6-7-16(13)17(14(2)21)22-8-10-23(11-9-22)18(24)25-19(3,4)5/h6-7,12,17,21H,8-11H2,1-5H3. The number of benzene rings is 1. The number of hydrogen-bond acceptors (Lipinski definition) is 4. The molecule has 1 atom stereocenters. The average Bonchev–Trinajstić information content (AvgIpc) is 2.48. The predicted octanol–water partition coefficient (Wildman–Crippen LogP) is 4.28. The summed E-state index contributed by atoms with van der Waals surface area (Å²) in [6, 6.07) is 5.72. The number of hydrogen-bond donors (Lipinski definition) is 1. The van der Waals surface area contributed by atoms with E-state index in [9.17, 15) is 4.79 Å². The predicted molar refractivity (Wildman–Crippen MR) is 102 cm³/mol. The molecule has 1 aliphatic heterocycles. The number of nitrogens with zero attached hydrogens (tertiary/aromatic N) is 2. The molecular weight excluding hydrogens is 338 g/mol. The summed E-state index contributed by atoms with van der Waals surface area (Å²) in [5.74, 6) is 0. The lowest BCUT2D eigenvalue weighted by molar-refractivity contribution is 0.0128. The van der Waals surface area contributed by atoms with Crippen LogP contribution in [0.25, 0.3) is 0 Å². The van der Waals surface area contributed by atoms with Crippen LogP contribution in [0.15, 0.2) is 18.2 Å². The Hall–Kier alpha value is -1.59. The van der Waals surface area contributed by atoms with Crippen LogP contribution in [-0.2, 0) is 4.74 Å². The van der Waals surface area contributed by atoms with Crippen molar-refractivity contribution >= 4 is 23.4 Å². The van der Waals surface area contributed by atoms with Crippen LogP contribution in [0.5, 0.6) is 0 Å². The first-order valence-electron chi connectivity index (χ1n) is 8.61. The second kappa shape index (κ2) is 7.75. The number of halogens is 1. The van der Waals surface area contributed by atoms with E-state index in [1.54, 1.807) is 4.90 Å². The molecule has 0 aromatic heterocycles. The van der Waals surface area contributed by atoms with Crippen molar-refractivity contribution in [2.24, 2.45) is 0 Å². The highest BCUT2D eigenvalue weighted by atomic mass is 35.5. The number of nitrogens with one attached hydrogen (secondary N) is 1. The lowest BCUT2D eigenvalue weighted by Crippen LogP contribution is -2.51. The van der Waals surface area contributed by atoms with Crippen LogP contribution in [0.4, 0.5) is 4.79 Å². The van der Waals surface area contributed by atoms with E-state index >= 15 is 0 Å². The molecule has 1 fully saturated rings. The zero-order chi connectivity index (χ0) is 18.8. The van der Waals surface area contributed by atoms with Gasteiger partial charge in [-0.3, -0.25) is 4.90 Å². The third-order valence-corrected chi connectivity index (χ3v) is 4.50. The van der Waals surface area contributed by atoms with Gasteiger partial charge in [-0.1, -0.05) is 17.7 Å². The van der Waals surface area contributed by atoms with Gasteiger partial charge < -0.3 is 15.0 Å². The summed E-state index contributed by atoms with van der Waals surface area (Å²) >= 11 is 6.07. The lowest BCUT2D eigenvalue weighted by Gasteiger charge is -2.40. The van der Waals surface area contributed by atoms with Crippen molar-refractivity contribution in [3.63, 3.8) is 0 Å². The number of aryl methyl sites for hydroxylation is 1. The van der Waals surface area contributed by atoms with E-state index < -0.39 is 5.60 Å². The number of amides is 1. The Bertz CT molecular complexity index is 647. The number of piperazine rings is 1. The quantitative estimate of drug-likeness (QED) is 0.813. The zero-order valence-electron chi connectivity index (χ0n) is 15.7. The van der Waals surface area contributed by atoms with Crippen molar-refractivity contribution in [2.45, 2.75) is 46.3 Å². The van der Waals surface area contributed by atoms with Gasteiger partial charge in [-0.15, -0.1) is 0 Å². The van der Waals surface area contributed by atoms with Crippen LogP contribution >= 0.6 is 11.6 Å². The van der Waals surface area contributed by atoms with E-state index in [1.165, 1.54) is 0 Å². The molecule has 25 heavy (non-hydrogen) atoms. The smallest absolute Gasteiger partial charge is 0.410 e. The van der Waals surface area contributed by atoms with Gasteiger partial charge in [0.1, 0.15) is 5.60 Å². The van der Waals surface area contributed by atoms with E-state index in [1.807, 2.05) is 52.8 Å². The Kier molecular flexibility index (Phi) is 6.12. The fraction of sp³-hybridized carbons (Fsp3) is 0.579. The van der Waals surface area contributed by atoms with Crippen molar-refractivity contribution in [1.29, 1.82) is 5.41 Å². The molecular formula is C19H28ClN3O2. The topological polar surface area (TPSA) is 56.6 Å². The molecule has 0 saturated carbocycles. The van der Waals surface area contributed by atoms with Crippen LogP contribution in [0.3, 0.4) is 0 Å². The van der Waals surface area contributed by atoms with Gasteiger partial charge in [0.25, 0.3) is 0 Å². The Morgan fingerprint density at radius 3 is 2.32 bits per heavy atom. The van der Waals surface area contributed by atoms with Gasteiger partial charge >= 0.3 is 6.09 Å². The van der Waals surface area contributed by atoms with Crippen molar-refractivity contribution < 1.29 is 9.53 Å². The maximum atomic E-state index is 12.2. The summed E-state index contributed by atoms with van der Waals surface area (Å²) in [6.07, 6.45) is -0.266. The minimum atomic E-state index is -0.483. The Morgan fingerprint density at radius 2 is 1.84 bits per heavy atom. The van der Waals surface area contributed by atoms with Crippen molar-refractivity contribution in [1.82, 2.24) is 9.80 Å². The molecule has 1 saturated heterocycles. The molecule has 1 N–H and O–H groups in total. The fourth-order valence-electron chi connectivity index (χ4n) is 3.14. The van der Waals surface area contributed by atoms with E-state index in [-0.39, 0.29) is 12.1 Å². The zero-order valence-corrected chi connectivity index (χ0v) is 16.5. The van der Waals surface area contributed by atoms with E-state index in [0.717, 1.165) is 11.1 Å². The van der Waals surface area contributed by atoms with E-state index in [2.05, 4.69) is 4.90 Å². The molecule has 0 spiro atoms. The number of carbonyl (C=O) groups excluding carboxylic acids is 1. The summed E-state index contributed by atoms with van der Waals surface area (Å²) < 4.78 is 5.45. The minimum Gasteiger partial charge on any atom is -0.444 e. The summed E-state index contributed by atoms with van der Waals surface area (Å²) in [6.45, 7) is 12.1. The third-order valence-electron chi connectivity index (χ3n) is 4.27. The van der Waals surface area contributed by atoms with Crippen LogP contribution in [0.2, 0.25) is 5.02 Å². The largest absolute Gasteiger partial charge is 0.444 e. The molecule has 0 bridgehead atoms. The number of rotatable bonds is 3. The summed E-state index contributed by atoms with van der Waals surface area (Å²) in [7, 11) is 0. The van der Waals surface area contributed by atoms with Gasteiger partial charge in [0.2, 0.25) is 0 Å². The molecule has 1 heterocycles. The van der Waals surface area contributed by atoms with Gasteiger partial charge in [-0.25, -0.2) is 4.79 Å². The Morgan fingerprint density at radius 1 is 1.24 bits per heavy atom. The van der Waals surface area contributed by atoms with Crippen molar-refractivity contribution in [3.05, 3.63) is 34.3 Å². The summed E-state index contributed by atoms with van der Waals surface area (Å²) in [4.78, 5) is 16.2. The van der Waals surface area contributed by atoms with Crippen LogP contribution in [0.1, 0.15) is 44.9 Å². The highest BCUT2D eigenvalue weighted by Gasteiger charge is 2.30. The van der Waals surface area contributed by atoms with Gasteiger partial charge in [0.05, 0.1) is 6.04 Å². The monoisotopic (exact) mass is 365 g/mol. The molecule has 1 amide bonds. The Labute approximate surface area is 155 Å². The second-order valence-electron chi connectivity index (χ2n) is 7.59. The van der Waals surface area contributed by atoms with E-state index in [4.69, 9.17) is 21.7 Å². The van der Waals surface area contributed by atoms with E-state index in [0.29, 0.717) is 36.9 Å². The highest BCUT2D eigenvalue weighted by Crippen LogP contribution is 2.28. The van der Waals surface area contributed by atoms with Crippen molar-refractivity contribution in [2.75, 3.05) is 26.2 Å². The van der Waals surface area contributed by atoms with Gasteiger partial charge in [0.15, 0.2) is 0 Å². The maximum absolute atomic E-state index is 12.2. The fourth-order valence-corrected chi connectivity index (χ4v) is 3.37. The minimum absolute atomic E-state index is 0.0851. The molecule has 5 nitrogen and oxygen atoms in total. The van der Waals surface area contributed by atoms with Gasteiger partial charge in [-0.2, -0.15) is 0 Å². The molecule has 1 unspecified atom stereocenters. The first kappa shape index (κ1) is 19.7. The van der Waals surface area contributed by atoms with Crippen LogP contribution in [0, 0.1) is 12.3 Å². The molecule has 6 heteroatoms. The second-order valence-corrected chi connectivity index (χ2v) is 8.03. The van der Waals surface area contributed by atoms with Crippen LogP contribution < -0.4 is 0 Å². The molecule has 1 aliphatic rings. The SMILES string of the molecule is CC(=N)C(c1ccc(Cl)cc1C)N1CCN(C(=O)OC(C)(C)C)CC1. The average molecular weight is 366 g/mol. The molecule has 1 aromatic carbocycles. The first-order chi connectivity index (χ1) is 11.6. The summed E-state index contributed by atoms with van der Waals surface area (Å²) in [5.41, 5.74) is 2.29. The highest BCUT2D eigenvalue weighted by molar-refractivity contribution is 6.30. The Balaban J connectivity index is 2.08. The summed E-state index contributed by atoms with van der Waals surface area (Å²) in [5, 5.41) is 8.95. The molecule has 1 aromatic rings. The van der Waals surface area contributed by atoms with Gasteiger partial charge in [0, 0.05) is 36.9 Å². The van der Waals surface area contributed by atoms with Crippen LogP contribution in [-0.4, -0.2) is 53.4 Å². The van der Waals surface area contributed by atoms with Gasteiger partial charge in [-0.05, 0) is 57.9 Å². The van der Waals surface area contributed by atoms with Crippen molar-refractivity contribution in [3.8, 4) is 0 Å². The maximum Gasteiger partial charge on any atom is 0.410 e.